The number of hydrogen-bond acceptors (Lipinski definition) is 6. The molecule has 0 bridgehead atoms. The van der Waals surface area contributed by atoms with Crippen LogP contribution in [0.4, 0.5) is 5.82 Å². The lowest BCUT2D eigenvalue weighted by molar-refractivity contribution is -0.00648. The zero-order valence-corrected chi connectivity index (χ0v) is 13.5. The normalized spacial score (nSPS) is 22.4. The van der Waals surface area contributed by atoms with Crippen LogP contribution in [-0.4, -0.2) is 27.2 Å². The van der Waals surface area contributed by atoms with E-state index in [4.69, 9.17) is 15.0 Å². The molecule has 0 amide bonds. The third-order valence-corrected chi connectivity index (χ3v) is 4.88. The van der Waals surface area contributed by atoms with Crippen LogP contribution in [0, 0.1) is 0 Å². The molecular weight excluding hydrogens is 333 g/mol. The molecule has 0 saturated carbocycles. The Labute approximate surface area is 137 Å². The van der Waals surface area contributed by atoms with Crippen LogP contribution in [0.3, 0.4) is 0 Å². The van der Waals surface area contributed by atoms with Gasteiger partial charge in [0, 0.05) is 6.20 Å². The zero-order chi connectivity index (χ0) is 17.2. The Morgan fingerprint density at radius 2 is 2.04 bits per heavy atom. The molecule has 0 aliphatic carbocycles. The Morgan fingerprint density at radius 1 is 1.29 bits per heavy atom. The highest BCUT2D eigenvalue weighted by molar-refractivity contribution is 7.61. The van der Waals surface area contributed by atoms with E-state index in [-0.39, 0.29) is 17.7 Å². The van der Waals surface area contributed by atoms with Crippen LogP contribution in [0.5, 0.6) is 0 Å². The number of benzene rings is 1. The van der Waals surface area contributed by atoms with E-state index in [9.17, 15) is 14.3 Å². The molecular formula is C15H16N3O5P. The number of nitrogens with zero attached hydrogens (tertiary/aromatic N) is 2. The lowest BCUT2D eigenvalue weighted by Crippen LogP contribution is -2.28. The predicted molar refractivity (Wildman–Crippen MR) is 87.8 cm³/mol. The second-order valence-electron chi connectivity index (χ2n) is 5.14. The van der Waals surface area contributed by atoms with Crippen molar-refractivity contribution in [3.8, 4) is 0 Å². The van der Waals surface area contributed by atoms with Gasteiger partial charge in [0.05, 0.1) is 11.9 Å². The summed E-state index contributed by atoms with van der Waals surface area (Å²) >= 11 is 0. The fourth-order valence-corrected chi connectivity index (χ4v) is 3.27. The first-order valence-corrected chi connectivity index (χ1v) is 8.75. The van der Waals surface area contributed by atoms with E-state index >= 15 is 0 Å². The lowest BCUT2D eigenvalue weighted by Gasteiger charge is -2.18. The summed E-state index contributed by atoms with van der Waals surface area (Å²) in [6.07, 6.45) is 3.58. The van der Waals surface area contributed by atoms with Crippen molar-refractivity contribution in [2.75, 3.05) is 12.3 Å². The summed E-state index contributed by atoms with van der Waals surface area (Å²) in [5, 5.41) is 0.211. The van der Waals surface area contributed by atoms with E-state index in [0.29, 0.717) is 0 Å². The van der Waals surface area contributed by atoms with Gasteiger partial charge in [-0.25, -0.2) is 4.79 Å². The number of aromatic nitrogens is 2. The highest BCUT2D eigenvalue weighted by Gasteiger charge is 2.27. The van der Waals surface area contributed by atoms with E-state index in [0.717, 1.165) is 0 Å². The van der Waals surface area contributed by atoms with Crippen molar-refractivity contribution in [3.63, 3.8) is 0 Å². The minimum Gasteiger partial charge on any atom is -0.383 e. The third-order valence-electron chi connectivity index (χ3n) is 3.43. The number of nitrogen functional groups attached to an aromatic ring is 1. The van der Waals surface area contributed by atoms with Gasteiger partial charge in [0.25, 0.3) is 0 Å². The van der Waals surface area contributed by atoms with Gasteiger partial charge in [-0.15, -0.1) is 0 Å². The van der Waals surface area contributed by atoms with Crippen molar-refractivity contribution in [3.05, 3.63) is 65.2 Å². The third kappa shape index (κ3) is 3.63. The first-order chi connectivity index (χ1) is 11.5. The summed E-state index contributed by atoms with van der Waals surface area (Å²) in [4.78, 5) is 25.4. The van der Waals surface area contributed by atoms with Crippen LogP contribution in [0.2, 0.25) is 0 Å². The Balaban J connectivity index is 1.62. The van der Waals surface area contributed by atoms with Crippen molar-refractivity contribution >= 4 is 18.7 Å². The molecule has 0 fully saturated rings. The van der Waals surface area contributed by atoms with E-state index in [1.54, 1.807) is 30.4 Å². The van der Waals surface area contributed by atoms with Gasteiger partial charge in [-0.3, -0.25) is 9.13 Å². The molecule has 1 aromatic carbocycles. The van der Waals surface area contributed by atoms with E-state index in [1.165, 1.54) is 29.0 Å². The van der Waals surface area contributed by atoms with Crippen molar-refractivity contribution in [2.24, 2.45) is 0 Å². The highest BCUT2D eigenvalue weighted by atomic mass is 31.2. The van der Waals surface area contributed by atoms with Crippen molar-refractivity contribution in [1.82, 2.24) is 9.55 Å². The van der Waals surface area contributed by atoms with Gasteiger partial charge in [-0.05, 0) is 24.3 Å². The van der Waals surface area contributed by atoms with Gasteiger partial charge in [0.1, 0.15) is 11.9 Å². The molecule has 9 heteroatoms. The van der Waals surface area contributed by atoms with Gasteiger partial charge < -0.3 is 19.9 Å². The standard InChI is InChI=1S/C15H16N3O5P/c16-13-8-9-18(15(19)17-13)14-7-6-11(23-14)10-22-24(20,21)12-4-2-1-3-5-12/h1-9,11,14H,10H2,(H,20,21)(H2,16,17,19)/t11-,14+/m0/s1. The SMILES string of the molecule is Nc1ccn([C@H]2C=C[C@@H](COP(=O)(O)c3ccccc3)O2)c(=O)n1. The Morgan fingerprint density at radius 3 is 2.75 bits per heavy atom. The average Bonchev–Trinajstić information content (AvgIpc) is 3.03. The molecule has 1 aliphatic heterocycles. The summed E-state index contributed by atoms with van der Waals surface area (Å²) in [5.41, 5.74) is 4.90. The van der Waals surface area contributed by atoms with E-state index in [1.807, 2.05) is 0 Å². The average molecular weight is 349 g/mol. The monoisotopic (exact) mass is 349 g/mol. The topological polar surface area (TPSA) is 117 Å². The van der Waals surface area contributed by atoms with Crippen LogP contribution >= 0.6 is 7.60 Å². The Hall–Kier alpha value is -2.25. The van der Waals surface area contributed by atoms with Crippen LogP contribution in [0.15, 0.2) is 59.5 Å². The first-order valence-electron chi connectivity index (χ1n) is 7.17. The summed E-state index contributed by atoms with van der Waals surface area (Å²) in [7, 11) is -3.92. The van der Waals surface area contributed by atoms with Crippen molar-refractivity contribution in [1.29, 1.82) is 0 Å². The maximum atomic E-state index is 12.2. The van der Waals surface area contributed by atoms with Gasteiger partial charge in [-0.1, -0.05) is 24.3 Å². The van der Waals surface area contributed by atoms with Crippen LogP contribution in [0.25, 0.3) is 0 Å². The molecule has 1 aliphatic rings. The van der Waals surface area contributed by atoms with Gasteiger partial charge in [-0.2, -0.15) is 4.98 Å². The summed E-state index contributed by atoms with van der Waals surface area (Å²) in [5.74, 6) is 0.127. The second-order valence-corrected chi connectivity index (χ2v) is 6.96. The molecule has 1 unspecified atom stereocenters. The maximum absolute atomic E-state index is 12.2. The number of anilines is 1. The molecule has 0 spiro atoms. The largest absolute Gasteiger partial charge is 0.383 e. The summed E-state index contributed by atoms with van der Waals surface area (Å²) in [6, 6.07) is 9.59. The number of rotatable bonds is 5. The zero-order valence-electron chi connectivity index (χ0n) is 12.6. The molecule has 24 heavy (non-hydrogen) atoms. The van der Waals surface area contributed by atoms with Crippen molar-refractivity contribution in [2.45, 2.75) is 12.3 Å². The quantitative estimate of drug-likeness (QED) is 0.606. The minimum absolute atomic E-state index is 0.118. The van der Waals surface area contributed by atoms with E-state index in [2.05, 4.69) is 4.98 Å². The molecule has 3 N–H and O–H groups in total. The molecule has 8 nitrogen and oxygen atoms in total. The van der Waals surface area contributed by atoms with Crippen LogP contribution in [0.1, 0.15) is 6.23 Å². The smallest absolute Gasteiger partial charge is 0.358 e. The van der Waals surface area contributed by atoms with Gasteiger partial charge in [0.15, 0.2) is 6.23 Å². The lowest BCUT2D eigenvalue weighted by atomic mass is 10.4. The van der Waals surface area contributed by atoms with Gasteiger partial charge in [0.2, 0.25) is 0 Å². The molecule has 0 radical (unpaired) electrons. The number of nitrogens with two attached hydrogens (primary N) is 1. The van der Waals surface area contributed by atoms with Crippen LogP contribution < -0.4 is 16.7 Å². The van der Waals surface area contributed by atoms with E-state index < -0.39 is 25.6 Å². The van der Waals surface area contributed by atoms with Crippen molar-refractivity contribution < 1.29 is 18.7 Å². The molecule has 0 saturated heterocycles. The molecule has 1 aromatic heterocycles. The molecule has 2 aromatic rings. The fourth-order valence-electron chi connectivity index (χ4n) is 2.23. The van der Waals surface area contributed by atoms with Crippen LogP contribution in [-0.2, 0) is 13.8 Å². The Kier molecular flexibility index (Phi) is 4.64. The minimum atomic E-state index is -3.92. The Bertz CT molecular complexity index is 852. The molecule has 3 atom stereocenters. The highest BCUT2D eigenvalue weighted by Crippen LogP contribution is 2.41. The second kappa shape index (κ2) is 6.70. The molecule has 2 heterocycles. The summed E-state index contributed by atoms with van der Waals surface area (Å²) < 4.78 is 24.2. The maximum Gasteiger partial charge on any atom is 0.358 e. The summed E-state index contributed by atoms with van der Waals surface area (Å²) in [6.45, 7) is -0.118. The molecule has 3 rings (SSSR count). The van der Waals surface area contributed by atoms with Gasteiger partial charge >= 0.3 is 13.3 Å². The molecule has 126 valence electrons. The number of ether oxygens (including phenoxy) is 1. The number of hydrogen-bond donors (Lipinski definition) is 2. The fraction of sp³-hybridized carbons (Fsp3) is 0.200. The predicted octanol–water partition coefficient (Wildman–Crippen LogP) is 0.807. The first kappa shape index (κ1) is 16.6.